The molecule has 4 rings (SSSR count). The van der Waals surface area contributed by atoms with Gasteiger partial charge in [-0.15, -0.1) is 11.3 Å². The van der Waals surface area contributed by atoms with Gasteiger partial charge >= 0.3 is 0 Å². The monoisotopic (exact) mass is 508 g/mol. The lowest BCUT2D eigenvalue weighted by molar-refractivity contribution is -0.120. The molecule has 0 bridgehead atoms. The van der Waals surface area contributed by atoms with Crippen molar-refractivity contribution in [2.24, 2.45) is 0 Å². The summed E-state index contributed by atoms with van der Waals surface area (Å²) < 4.78 is 0.507. The second kappa shape index (κ2) is 11.8. The third-order valence-electron chi connectivity index (χ3n) is 6.42. The number of halogens is 1. The van der Waals surface area contributed by atoms with Gasteiger partial charge in [-0.05, 0) is 55.1 Å². The van der Waals surface area contributed by atoms with Crippen LogP contribution in [0.2, 0.25) is 4.34 Å². The molecule has 0 radical (unpaired) electrons. The summed E-state index contributed by atoms with van der Waals surface area (Å²) in [4.78, 5) is 41.6. The average Bonchev–Trinajstić information content (AvgIpc) is 3.22. The lowest BCUT2D eigenvalue weighted by atomic mass is 9.94. The number of rotatable bonds is 9. The lowest BCUT2D eigenvalue weighted by Gasteiger charge is -2.18. The van der Waals surface area contributed by atoms with Gasteiger partial charge in [-0.2, -0.15) is 0 Å². The van der Waals surface area contributed by atoms with Crippen LogP contribution in [0, 0.1) is 0 Å². The molecule has 0 unspecified atom stereocenters. The topological polar surface area (TPSA) is 66.5 Å². The molecule has 5 nitrogen and oxygen atoms in total. The quantitative estimate of drug-likeness (QED) is 0.413. The van der Waals surface area contributed by atoms with E-state index in [1.165, 1.54) is 11.1 Å². The van der Waals surface area contributed by atoms with Crippen LogP contribution in [0.4, 0.5) is 0 Å². The van der Waals surface area contributed by atoms with E-state index in [1.54, 1.807) is 24.3 Å². The van der Waals surface area contributed by atoms with E-state index in [4.69, 9.17) is 11.6 Å². The van der Waals surface area contributed by atoms with Crippen LogP contribution in [0.3, 0.4) is 0 Å². The van der Waals surface area contributed by atoms with Crippen molar-refractivity contribution >= 4 is 40.4 Å². The molecule has 1 aliphatic rings. The highest BCUT2D eigenvalue weighted by Gasteiger charge is 2.24. The molecule has 3 aromatic rings. The number of amides is 1. The Hall–Kier alpha value is -2.80. The van der Waals surface area contributed by atoms with Gasteiger partial charge in [0, 0.05) is 31.5 Å². The number of benzene rings is 2. The summed E-state index contributed by atoms with van der Waals surface area (Å²) in [5.41, 5.74) is 4.16. The number of hydrogen-bond acceptors (Lipinski definition) is 5. The largest absolute Gasteiger partial charge is 0.342 e. The molecule has 2 aromatic carbocycles. The number of carbonyl (C=O) groups excluding carboxylic acids is 3. The van der Waals surface area contributed by atoms with Crippen LogP contribution in [-0.4, -0.2) is 48.6 Å². The normalized spacial score (nSPS) is 14.6. The van der Waals surface area contributed by atoms with Crippen molar-refractivity contribution < 1.29 is 14.4 Å². The first kappa shape index (κ1) is 25.3. The van der Waals surface area contributed by atoms with E-state index in [-0.39, 0.29) is 36.7 Å². The Balaban J connectivity index is 1.47. The Morgan fingerprint density at radius 1 is 1.00 bits per heavy atom. The van der Waals surface area contributed by atoms with Crippen LogP contribution >= 0.6 is 22.9 Å². The predicted molar refractivity (Wildman–Crippen MR) is 141 cm³/mol. The first-order valence-corrected chi connectivity index (χ1v) is 13.0. The summed E-state index contributed by atoms with van der Waals surface area (Å²) in [7, 11) is 2.13. The number of likely N-dealkylation sites (N-methyl/N-ethyl adjacent to an activating group) is 1. The number of fused-ring (bicyclic) bond motifs is 1. The Morgan fingerprint density at radius 3 is 2.46 bits per heavy atom. The third-order valence-corrected chi connectivity index (χ3v) is 7.65. The number of nitrogens with one attached hydrogen (secondary N) is 1. The molecule has 0 spiro atoms. The number of Topliss-reactive ketones (excluding diaryl/α,β-unsaturated/α-hetero) is 2. The molecule has 1 aromatic heterocycles. The van der Waals surface area contributed by atoms with E-state index < -0.39 is 6.04 Å². The van der Waals surface area contributed by atoms with Crippen molar-refractivity contribution in [2.45, 2.75) is 38.1 Å². The van der Waals surface area contributed by atoms with Crippen molar-refractivity contribution in [2.75, 3.05) is 20.1 Å². The van der Waals surface area contributed by atoms with Crippen LogP contribution < -0.4 is 5.32 Å². The maximum absolute atomic E-state index is 13.4. The predicted octanol–water partition coefficient (Wildman–Crippen LogP) is 5.01. The van der Waals surface area contributed by atoms with Gasteiger partial charge in [0.25, 0.3) is 5.91 Å². The summed E-state index contributed by atoms with van der Waals surface area (Å²) >= 11 is 7.15. The highest BCUT2D eigenvalue weighted by molar-refractivity contribution is 7.18. The summed E-state index contributed by atoms with van der Waals surface area (Å²) in [6.07, 6.45) is 2.58. The number of nitrogens with zero attached hydrogens (tertiary/aromatic N) is 1. The summed E-state index contributed by atoms with van der Waals surface area (Å²) in [5.74, 6) is -0.504. The van der Waals surface area contributed by atoms with E-state index in [2.05, 4.69) is 29.4 Å². The number of ketones is 2. The minimum atomic E-state index is -0.763. The molecule has 1 N–H and O–H groups in total. The molecule has 182 valence electrons. The van der Waals surface area contributed by atoms with E-state index >= 15 is 0 Å². The first-order valence-electron chi connectivity index (χ1n) is 11.9. The maximum Gasteiger partial charge on any atom is 0.261 e. The van der Waals surface area contributed by atoms with Gasteiger partial charge in [0.15, 0.2) is 11.6 Å². The zero-order chi connectivity index (χ0) is 24.8. The molecule has 0 saturated carbocycles. The number of carbonyl (C=O) groups is 3. The standard InChI is InChI=1S/C28H29ClN2O3S/c1-31-15-13-20-8-7-19(17-22(20)14-16-31)18-25(33)23(30-28(34)26-11-12-27(29)35-26)9-10-24(32)21-5-3-2-4-6-21/h2-8,11-12,17,23H,9-10,13-16,18H2,1H3,(H,30,34)/t23-/m1/s1. The van der Waals surface area contributed by atoms with Crippen molar-refractivity contribution in [1.82, 2.24) is 10.2 Å². The average molecular weight is 509 g/mol. The van der Waals surface area contributed by atoms with Crippen molar-refractivity contribution in [3.05, 3.63) is 92.1 Å². The van der Waals surface area contributed by atoms with Gasteiger partial charge in [0.2, 0.25) is 0 Å². The fourth-order valence-corrected chi connectivity index (χ4v) is 5.29. The van der Waals surface area contributed by atoms with Crippen LogP contribution in [-0.2, 0) is 24.1 Å². The van der Waals surface area contributed by atoms with Gasteiger partial charge < -0.3 is 10.2 Å². The fourth-order valence-electron chi connectivity index (χ4n) is 4.35. The van der Waals surface area contributed by atoms with E-state index in [0.29, 0.717) is 14.8 Å². The van der Waals surface area contributed by atoms with E-state index in [0.717, 1.165) is 42.8 Å². The summed E-state index contributed by atoms with van der Waals surface area (Å²) in [6, 6.07) is 17.8. The smallest absolute Gasteiger partial charge is 0.261 e. The molecule has 1 aliphatic heterocycles. The second-order valence-electron chi connectivity index (χ2n) is 9.01. The highest BCUT2D eigenvalue weighted by Crippen LogP contribution is 2.22. The molecular weight excluding hydrogens is 480 g/mol. The molecule has 2 heterocycles. The van der Waals surface area contributed by atoms with Gasteiger partial charge in [-0.25, -0.2) is 0 Å². The molecule has 1 atom stereocenters. The Morgan fingerprint density at radius 2 is 1.74 bits per heavy atom. The Bertz CT molecular complexity index is 1210. The Kier molecular flexibility index (Phi) is 8.50. The second-order valence-corrected chi connectivity index (χ2v) is 10.7. The molecular formula is C28H29ClN2O3S. The van der Waals surface area contributed by atoms with Crippen molar-refractivity contribution in [3.63, 3.8) is 0 Å². The molecule has 35 heavy (non-hydrogen) atoms. The molecule has 1 amide bonds. The first-order chi connectivity index (χ1) is 16.9. The highest BCUT2D eigenvalue weighted by atomic mass is 35.5. The number of hydrogen-bond donors (Lipinski definition) is 1. The molecule has 7 heteroatoms. The van der Waals surface area contributed by atoms with Gasteiger partial charge in [-0.3, -0.25) is 14.4 Å². The lowest BCUT2D eigenvalue weighted by Crippen LogP contribution is -2.41. The van der Waals surface area contributed by atoms with Crippen LogP contribution in [0.15, 0.2) is 60.7 Å². The van der Waals surface area contributed by atoms with E-state index in [1.807, 2.05) is 24.3 Å². The summed E-state index contributed by atoms with van der Waals surface area (Å²) in [6.45, 7) is 2.02. The molecule has 0 aliphatic carbocycles. The van der Waals surface area contributed by atoms with Crippen molar-refractivity contribution in [3.8, 4) is 0 Å². The SMILES string of the molecule is CN1CCc2ccc(CC(=O)[C@@H](CCC(=O)c3ccccc3)NC(=O)c3ccc(Cl)s3)cc2CC1. The van der Waals surface area contributed by atoms with Crippen LogP contribution in [0.5, 0.6) is 0 Å². The minimum absolute atomic E-state index is 0.0500. The zero-order valence-electron chi connectivity index (χ0n) is 19.8. The van der Waals surface area contributed by atoms with Crippen LogP contribution in [0.1, 0.15) is 49.6 Å². The zero-order valence-corrected chi connectivity index (χ0v) is 21.3. The minimum Gasteiger partial charge on any atom is -0.342 e. The summed E-state index contributed by atoms with van der Waals surface area (Å²) in [5, 5.41) is 2.86. The third kappa shape index (κ3) is 6.88. The van der Waals surface area contributed by atoms with Gasteiger partial charge in [0.1, 0.15) is 0 Å². The molecule has 0 saturated heterocycles. The van der Waals surface area contributed by atoms with Gasteiger partial charge in [-0.1, -0.05) is 60.1 Å². The molecule has 0 fully saturated rings. The van der Waals surface area contributed by atoms with Crippen LogP contribution in [0.25, 0.3) is 0 Å². The van der Waals surface area contributed by atoms with E-state index in [9.17, 15) is 14.4 Å². The van der Waals surface area contributed by atoms with Gasteiger partial charge in [0.05, 0.1) is 15.3 Å². The number of thiophene rings is 1. The fraction of sp³-hybridized carbons (Fsp3) is 0.321. The van der Waals surface area contributed by atoms with Crippen molar-refractivity contribution in [1.29, 1.82) is 0 Å². The Labute approximate surface area is 215 Å². The maximum atomic E-state index is 13.4.